The Morgan fingerprint density at radius 3 is 2.42 bits per heavy atom. The van der Waals surface area contributed by atoms with Gasteiger partial charge in [0.1, 0.15) is 11.3 Å². The van der Waals surface area contributed by atoms with E-state index in [2.05, 4.69) is 31.9 Å². The van der Waals surface area contributed by atoms with E-state index in [1.807, 2.05) is 48.5 Å². The number of hydrogen-bond acceptors (Lipinski definition) is 4. The van der Waals surface area contributed by atoms with Crippen LogP contribution in [-0.2, 0) is 0 Å². The minimum absolute atomic E-state index is 0.0653. The smallest absolute Gasteiger partial charge is 0.295 e. The summed E-state index contributed by atoms with van der Waals surface area (Å²) in [6.45, 7) is 0. The number of nitrogens with zero attached hydrogens (tertiary/aromatic N) is 1. The molecule has 0 N–H and O–H groups in total. The molecule has 7 heteroatoms. The molecule has 1 unspecified atom stereocenters. The second-order valence-corrected chi connectivity index (χ2v) is 8.98. The Morgan fingerprint density at radius 2 is 1.68 bits per heavy atom. The Labute approximate surface area is 194 Å². The van der Waals surface area contributed by atoms with E-state index in [1.165, 1.54) is 0 Å². The van der Waals surface area contributed by atoms with Crippen molar-refractivity contribution in [2.45, 2.75) is 6.04 Å². The van der Waals surface area contributed by atoms with Gasteiger partial charge in [0.25, 0.3) is 5.91 Å². The average molecular weight is 541 g/mol. The van der Waals surface area contributed by atoms with Gasteiger partial charge in [0.05, 0.1) is 24.1 Å². The van der Waals surface area contributed by atoms with Gasteiger partial charge < -0.3 is 9.15 Å². The van der Waals surface area contributed by atoms with Crippen LogP contribution in [0, 0.1) is 0 Å². The minimum Gasteiger partial charge on any atom is -0.497 e. The van der Waals surface area contributed by atoms with E-state index >= 15 is 0 Å². The average Bonchev–Trinajstić information content (AvgIpc) is 3.07. The number of ether oxygens (including phenoxy) is 1. The molecule has 0 bridgehead atoms. The van der Waals surface area contributed by atoms with Gasteiger partial charge in [-0.3, -0.25) is 14.5 Å². The van der Waals surface area contributed by atoms with Crippen molar-refractivity contribution in [3.05, 3.63) is 103 Å². The summed E-state index contributed by atoms with van der Waals surface area (Å²) in [6, 6.07) is 19.3. The van der Waals surface area contributed by atoms with Crippen LogP contribution in [0.2, 0.25) is 0 Å². The first-order valence-corrected chi connectivity index (χ1v) is 11.1. The molecular formula is C24H15Br2NO4. The zero-order valence-electron chi connectivity index (χ0n) is 16.3. The third-order valence-electron chi connectivity index (χ3n) is 5.35. The lowest BCUT2D eigenvalue weighted by Crippen LogP contribution is -2.29. The first-order valence-electron chi connectivity index (χ1n) is 9.47. The van der Waals surface area contributed by atoms with E-state index < -0.39 is 6.04 Å². The summed E-state index contributed by atoms with van der Waals surface area (Å²) in [4.78, 5) is 28.7. The van der Waals surface area contributed by atoms with Crippen molar-refractivity contribution in [3.63, 3.8) is 0 Å². The van der Waals surface area contributed by atoms with Gasteiger partial charge in [-0.2, -0.15) is 0 Å². The summed E-state index contributed by atoms with van der Waals surface area (Å²) in [5.41, 5.74) is 1.90. The van der Waals surface area contributed by atoms with Crippen molar-refractivity contribution >= 4 is 54.4 Å². The number of carbonyl (C=O) groups excluding carboxylic acids is 1. The maximum atomic E-state index is 13.6. The van der Waals surface area contributed by atoms with Crippen molar-refractivity contribution in [2.24, 2.45) is 0 Å². The van der Waals surface area contributed by atoms with Crippen molar-refractivity contribution in [1.82, 2.24) is 0 Å². The van der Waals surface area contributed by atoms with Crippen LogP contribution in [0.5, 0.6) is 5.75 Å². The van der Waals surface area contributed by atoms with Crippen molar-refractivity contribution < 1.29 is 13.9 Å². The quantitative estimate of drug-likeness (QED) is 0.316. The molecule has 1 aliphatic heterocycles. The predicted octanol–water partition coefficient (Wildman–Crippen LogP) is 6.08. The highest BCUT2D eigenvalue weighted by molar-refractivity contribution is 9.10. The maximum Gasteiger partial charge on any atom is 0.295 e. The lowest BCUT2D eigenvalue weighted by molar-refractivity contribution is 0.0971. The lowest BCUT2D eigenvalue weighted by atomic mass is 9.98. The number of amides is 1. The number of halogens is 2. The van der Waals surface area contributed by atoms with Crippen LogP contribution in [0.3, 0.4) is 0 Å². The van der Waals surface area contributed by atoms with Crippen LogP contribution >= 0.6 is 31.9 Å². The molecule has 1 atom stereocenters. The minimum atomic E-state index is -0.640. The largest absolute Gasteiger partial charge is 0.497 e. The Morgan fingerprint density at radius 1 is 0.935 bits per heavy atom. The molecule has 3 aromatic carbocycles. The van der Waals surface area contributed by atoms with Gasteiger partial charge in [-0.25, -0.2) is 0 Å². The number of methoxy groups -OCH3 is 1. The van der Waals surface area contributed by atoms with Crippen LogP contribution in [0.15, 0.2) is 84.9 Å². The van der Waals surface area contributed by atoms with Crippen LogP contribution in [0.4, 0.5) is 5.69 Å². The monoisotopic (exact) mass is 539 g/mol. The number of carbonyl (C=O) groups is 1. The molecule has 0 spiro atoms. The number of fused-ring (bicyclic) bond motifs is 2. The second kappa shape index (κ2) is 7.66. The van der Waals surface area contributed by atoms with Gasteiger partial charge in [0.15, 0.2) is 5.43 Å². The maximum absolute atomic E-state index is 13.6. The summed E-state index contributed by atoms with van der Waals surface area (Å²) < 4.78 is 13.0. The molecule has 1 amide bonds. The first kappa shape index (κ1) is 20.0. The molecule has 154 valence electrons. The third-order valence-corrected chi connectivity index (χ3v) is 6.37. The number of benzene rings is 3. The topological polar surface area (TPSA) is 59.8 Å². The Balaban J connectivity index is 1.82. The summed E-state index contributed by atoms with van der Waals surface area (Å²) in [5, 5.41) is 0.423. The van der Waals surface area contributed by atoms with Crippen LogP contribution in [0.25, 0.3) is 11.0 Å². The molecule has 0 saturated carbocycles. The molecule has 1 aliphatic rings. The molecule has 0 saturated heterocycles. The fourth-order valence-electron chi connectivity index (χ4n) is 3.94. The van der Waals surface area contributed by atoms with Crippen molar-refractivity contribution in [3.8, 4) is 5.75 Å². The molecule has 31 heavy (non-hydrogen) atoms. The zero-order valence-corrected chi connectivity index (χ0v) is 19.4. The highest BCUT2D eigenvalue weighted by Gasteiger charge is 2.43. The Kier molecular flexibility index (Phi) is 4.95. The number of hydrogen-bond donors (Lipinski definition) is 0. The summed E-state index contributed by atoms with van der Waals surface area (Å²) in [7, 11) is 1.58. The standard InChI is InChI=1S/C24H15Br2NO4/c1-30-17-4-2-3-13(11-17)21-20-22(28)18-12-15(26)7-10-19(18)31-23(20)24(29)27(21)16-8-5-14(25)6-9-16/h2-12,21H,1H3. The van der Waals surface area contributed by atoms with Gasteiger partial charge in [-0.05, 0) is 60.2 Å². The van der Waals surface area contributed by atoms with Gasteiger partial charge in [0, 0.05) is 14.6 Å². The molecule has 1 aromatic heterocycles. The fourth-order valence-corrected chi connectivity index (χ4v) is 4.57. The highest BCUT2D eigenvalue weighted by Crippen LogP contribution is 2.42. The predicted molar refractivity (Wildman–Crippen MR) is 126 cm³/mol. The highest BCUT2D eigenvalue weighted by atomic mass is 79.9. The van der Waals surface area contributed by atoms with E-state index in [0.29, 0.717) is 28.0 Å². The molecule has 4 aromatic rings. The Bertz CT molecular complexity index is 1400. The molecular weight excluding hydrogens is 526 g/mol. The molecule has 5 nitrogen and oxygen atoms in total. The SMILES string of the molecule is COc1cccc(C2c3c(oc4ccc(Br)cc4c3=O)C(=O)N2c2ccc(Br)cc2)c1. The number of anilines is 1. The zero-order chi connectivity index (χ0) is 21.7. The first-order chi connectivity index (χ1) is 15.0. The fraction of sp³-hybridized carbons (Fsp3) is 0.0833. The molecule has 2 heterocycles. The van der Waals surface area contributed by atoms with Crippen LogP contribution < -0.4 is 15.1 Å². The van der Waals surface area contributed by atoms with E-state index in [0.717, 1.165) is 14.5 Å². The van der Waals surface area contributed by atoms with Crippen molar-refractivity contribution in [1.29, 1.82) is 0 Å². The molecule has 0 radical (unpaired) electrons. The van der Waals surface area contributed by atoms with Gasteiger partial charge in [-0.1, -0.05) is 44.0 Å². The summed E-state index contributed by atoms with van der Waals surface area (Å²) >= 11 is 6.85. The number of rotatable bonds is 3. The van der Waals surface area contributed by atoms with Gasteiger partial charge in [0.2, 0.25) is 5.76 Å². The van der Waals surface area contributed by atoms with E-state index in [4.69, 9.17) is 9.15 Å². The molecule has 0 fully saturated rings. The molecule has 0 aliphatic carbocycles. The van der Waals surface area contributed by atoms with Crippen molar-refractivity contribution in [2.75, 3.05) is 12.0 Å². The molecule has 5 rings (SSSR count). The second-order valence-electron chi connectivity index (χ2n) is 7.15. The third kappa shape index (κ3) is 3.28. The van der Waals surface area contributed by atoms with E-state index in [-0.39, 0.29) is 17.1 Å². The summed E-state index contributed by atoms with van der Waals surface area (Å²) in [5.74, 6) is 0.352. The van der Waals surface area contributed by atoms with E-state index in [9.17, 15) is 9.59 Å². The van der Waals surface area contributed by atoms with Gasteiger partial charge >= 0.3 is 0 Å². The van der Waals surface area contributed by atoms with Crippen LogP contribution in [0.1, 0.15) is 27.7 Å². The lowest BCUT2D eigenvalue weighted by Gasteiger charge is -2.25. The van der Waals surface area contributed by atoms with Crippen LogP contribution in [-0.4, -0.2) is 13.0 Å². The Hall–Kier alpha value is -2.90. The van der Waals surface area contributed by atoms with E-state index in [1.54, 1.807) is 30.2 Å². The van der Waals surface area contributed by atoms with Gasteiger partial charge in [-0.15, -0.1) is 0 Å². The normalized spacial score (nSPS) is 15.4. The summed E-state index contributed by atoms with van der Waals surface area (Å²) in [6.07, 6.45) is 0.